The lowest BCUT2D eigenvalue weighted by Gasteiger charge is -2.28. The summed E-state index contributed by atoms with van der Waals surface area (Å²) in [6, 6.07) is 7.60. The van der Waals surface area contributed by atoms with Crippen LogP contribution in [0.3, 0.4) is 0 Å². The zero-order valence-electron chi connectivity index (χ0n) is 8.37. The van der Waals surface area contributed by atoms with E-state index in [1.807, 2.05) is 18.2 Å². The summed E-state index contributed by atoms with van der Waals surface area (Å²) in [5.74, 6) is 0.403. The van der Waals surface area contributed by atoms with Crippen LogP contribution in [0.1, 0.15) is 31.2 Å². The summed E-state index contributed by atoms with van der Waals surface area (Å²) in [5.41, 5.74) is 6.95. The number of phenolic OH excluding ortho intramolecular Hbond substituents is 1. The molecule has 1 fully saturated rings. The first-order chi connectivity index (χ1) is 6.78. The number of phenols is 1. The zero-order chi connectivity index (χ0) is 10.0. The predicted molar refractivity (Wildman–Crippen MR) is 57.3 cm³/mol. The first-order valence-electron chi connectivity index (χ1n) is 5.27. The van der Waals surface area contributed by atoms with Crippen molar-refractivity contribution in [3.8, 4) is 5.75 Å². The van der Waals surface area contributed by atoms with Gasteiger partial charge in [0.25, 0.3) is 0 Å². The van der Waals surface area contributed by atoms with Gasteiger partial charge in [-0.2, -0.15) is 0 Å². The molecule has 2 nitrogen and oxygen atoms in total. The fourth-order valence-corrected chi connectivity index (χ4v) is 2.56. The third kappa shape index (κ3) is 1.40. The molecule has 0 unspecified atom stereocenters. The minimum absolute atomic E-state index is 0.0470. The number of benzene rings is 1. The summed E-state index contributed by atoms with van der Waals surface area (Å²) in [5, 5.41) is 9.81. The van der Waals surface area contributed by atoms with Gasteiger partial charge < -0.3 is 10.8 Å². The van der Waals surface area contributed by atoms with Crippen molar-refractivity contribution in [2.75, 3.05) is 6.54 Å². The van der Waals surface area contributed by atoms with E-state index < -0.39 is 0 Å². The molecule has 1 aromatic carbocycles. The summed E-state index contributed by atoms with van der Waals surface area (Å²) < 4.78 is 0. The molecule has 1 aliphatic rings. The quantitative estimate of drug-likeness (QED) is 0.752. The molecule has 0 spiro atoms. The summed E-state index contributed by atoms with van der Waals surface area (Å²) in [7, 11) is 0. The van der Waals surface area contributed by atoms with E-state index in [1.165, 1.54) is 12.8 Å². The van der Waals surface area contributed by atoms with E-state index in [-0.39, 0.29) is 5.41 Å². The third-order valence-electron chi connectivity index (χ3n) is 3.43. The van der Waals surface area contributed by atoms with Gasteiger partial charge in [0.05, 0.1) is 0 Å². The monoisotopic (exact) mass is 191 g/mol. The van der Waals surface area contributed by atoms with Gasteiger partial charge in [0.2, 0.25) is 0 Å². The molecule has 0 saturated heterocycles. The molecule has 0 aliphatic heterocycles. The largest absolute Gasteiger partial charge is 0.508 e. The Morgan fingerprint density at radius 1 is 1.21 bits per heavy atom. The zero-order valence-corrected chi connectivity index (χ0v) is 8.37. The van der Waals surface area contributed by atoms with Gasteiger partial charge in [-0.05, 0) is 18.9 Å². The van der Waals surface area contributed by atoms with Crippen LogP contribution in [-0.2, 0) is 5.41 Å². The maximum Gasteiger partial charge on any atom is 0.119 e. The molecular weight excluding hydrogens is 174 g/mol. The van der Waals surface area contributed by atoms with Crippen LogP contribution < -0.4 is 5.73 Å². The third-order valence-corrected chi connectivity index (χ3v) is 3.43. The fourth-order valence-electron chi connectivity index (χ4n) is 2.56. The Morgan fingerprint density at radius 3 is 2.43 bits per heavy atom. The van der Waals surface area contributed by atoms with Gasteiger partial charge in [-0.25, -0.2) is 0 Å². The first-order valence-corrected chi connectivity index (χ1v) is 5.27. The summed E-state index contributed by atoms with van der Waals surface area (Å²) in [6.45, 7) is 0.643. The molecule has 76 valence electrons. The van der Waals surface area contributed by atoms with Gasteiger partial charge in [0, 0.05) is 17.5 Å². The first kappa shape index (κ1) is 9.53. The Hall–Kier alpha value is -1.02. The van der Waals surface area contributed by atoms with Crippen molar-refractivity contribution in [3.63, 3.8) is 0 Å². The molecule has 0 bridgehead atoms. The van der Waals surface area contributed by atoms with Crippen LogP contribution in [-0.4, -0.2) is 11.7 Å². The van der Waals surface area contributed by atoms with E-state index in [4.69, 9.17) is 5.73 Å². The van der Waals surface area contributed by atoms with Crippen molar-refractivity contribution >= 4 is 0 Å². The van der Waals surface area contributed by atoms with Crippen molar-refractivity contribution < 1.29 is 5.11 Å². The minimum atomic E-state index is 0.0470. The highest BCUT2D eigenvalue weighted by atomic mass is 16.3. The fraction of sp³-hybridized carbons (Fsp3) is 0.500. The van der Waals surface area contributed by atoms with Gasteiger partial charge in [-0.1, -0.05) is 31.0 Å². The van der Waals surface area contributed by atoms with E-state index in [1.54, 1.807) is 6.07 Å². The summed E-state index contributed by atoms with van der Waals surface area (Å²) >= 11 is 0. The average Bonchev–Trinajstić information content (AvgIpc) is 2.68. The van der Waals surface area contributed by atoms with Crippen LogP contribution in [0.4, 0.5) is 0 Å². The Balaban J connectivity index is 2.41. The molecule has 0 atom stereocenters. The second kappa shape index (κ2) is 3.62. The Kier molecular flexibility index (Phi) is 2.46. The number of hydrogen-bond donors (Lipinski definition) is 2. The lowest BCUT2D eigenvalue weighted by molar-refractivity contribution is 0.406. The van der Waals surface area contributed by atoms with Crippen LogP contribution in [0.5, 0.6) is 5.75 Å². The number of hydrogen-bond acceptors (Lipinski definition) is 2. The second-order valence-corrected chi connectivity index (χ2v) is 4.21. The van der Waals surface area contributed by atoms with Gasteiger partial charge >= 0.3 is 0 Å². The molecule has 2 rings (SSSR count). The SMILES string of the molecule is NCC1(c2ccccc2O)CCCC1. The van der Waals surface area contributed by atoms with Crippen LogP contribution in [0.2, 0.25) is 0 Å². The molecule has 0 heterocycles. The van der Waals surface area contributed by atoms with E-state index in [9.17, 15) is 5.11 Å². The molecule has 0 aromatic heterocycles. The number of rotatable bonds is 2. The maximum atomic E-state index is 9.81. The molecule has 3 N–H and O–H groups in total. The standard InChI is InChI=1S/C12H17NO/c13-9-12(7-3-4-8-12)10-5-1-2-6-11(10)14/h1-2,5-6,14H,3-4,7-9,13H2. The van der Waals surface area contributed by atoms with Gasteiger partial charge in [0.1, 0.15) is 5.75 Å². The smallest absolute Gasteiger partial charge is 0.119 e. The highest BCUT2D eigenvalue weighted by Gasteiger charge is 2.35. The van der Waals surface area contributed by atoms with E-state index in [2.05, 4.69) is 0 Å². The number of aromatic hydroxyl groups is 1. The maximum absolute atomic E-state index is 9.81. The highest BCUT2D eigenvalue weighted by molar-refractivity contribution is 5.39. The van der Waals surface area contributed by atoms with Crippen molar-refractivity contribution in [1.82, 2.24) is 0 Å². The van der Waals surface area contributed by atoms with Crippen LogP contribution in [0.15, 0.2) is 24.3 Å². The van der Waals surface area contributed by atoms with Crippen molar-refractivity contribution in [2.24, 2.45) is 5.73 Å². The molecular formula is C12H17NO. The lowest BCUT2D eigenvalue weighted by atomic mass is 9.78. The Morgan fingerprint density at radius 2 is 1.86 bits per heavy atom. The molecule has 2 heteroatoms. The van der Waals surface area contributed by atoms with Gasteiger partial charge in [0.15, 0.2) is 0 Å². The normalized spacial score (nSPS) is 19.8. The molecule has 1 aliphatic carbocycles. The van der Waals surface area contributed by atoms with E-state index >= 15 is 0 Å². The van der Waals surface area contributed by atoms with Gasteiger partial charge in [-0.15, -0.1) is 0 Å². The Bertz CT molecular complexity index is 316. The molecule has 0 amide bonds. The summed E-state index contributed by atoms with van der Waals surface area (Å²) in [6.07, 6.45) is 4.68. The van der Waals surface area contributed by atoms with E-state index in [0.717, 1.165) is 18.4 Å². The Labute approximate surface area is 84.7 Å². The van der Waals surface area contributed by atoms with Crippen LogP contribution >= 0.6 is 0 Å². The van der Waals surface area contributed by atoms with Gasteiger partial charge in [-0.3, -0.25) is 0 Å². The van der Waals surface area contributed by atoms with Crippen molar-refractivity contribution in [1.29, 1.82) is 0 Å². The second-order valence-electron chi connectivity index (χ2n) is 4.21. The predicted octanol–water partition coefficient (Wildman–Crippen LogP) is 2.16. The molecule has 14 heavy (non-hydrogen) atoms. The van der Waals surface area contributed by atoms with E-state index in [0.29, 0.717) is 12.3 Å². The van der Waals surface area contributed by atoms with Crippen LogP contribution in [0, 0.1) is 0 Å². The molecule has 0 radical (unpaired) electrons. The topological polar surface area (TPSA) is 46.2 Å². The van der Waals surface area contributed by atoms with Crippen LogP contribution in [0.25, 0.3) is 0 Å². The summed E-state index contributed by atoms with van der Waals surface area (Å²) in [4.78, 5) is 0. The average molecular weight is 191 g/mol. The number of nitrogens with two attached hydrogens (primary N) is 1. The highest BCUT2D eigenvalue weighted by Crippen LogP contribution is 2.43. The van der Waals surface area contributed by atoms with Crippen molar-refractivity contribution in [2.45, 2.75) is 31.1 Å². The minimum Gasteiger partial charge on any atom is -0.508 e. The molecule has 1 saturated carbocycles. The number of para-hydroxylation sites is 1. The molecule has 1 aromatic rings. The van der Waals surface area contributed by atoms with Crippen molar-refractivity contribution in [3.05, 3.63) is 29.8 Å². The lowest BCUT2D eigenvalue weighted by Crippen LogP contribution is -2.31.